The number of hydrogen-bond donors (Lipinski definition) is 2. The highest BCUT2D eigenvalue weighted by Gasteiger charge is 2.10. The van der Waals surface area contributed by atoms with Gasteiger partial charge in [-0.25, -0.2) is 4.98 Å². The Balaban J connectivity index is 2.12. The number of carbonyl (C=O) groups is 1. The summed E-state index contributed by atoms with van der Waals surface area (Å²) in [6.07, 6.45) is 0. The van der Waals surface area contributed by atoms with E-state index in [9.17, 15) is 4.79 Å². The average Bonchev–Trinajstić information content (AvgIpc) is 2.89. The van der Waals surface area contributed by atoms with Crippen LogP contribution in [0.5, 0.6) is 0 Å². The lowest BCUT2D eigenvalue weighted by Gasteiger charge is -2.00. The van der Waals surface area contributed by atoms with Gasteiger partial charge in [0.1, 0.15) is 12.4 Å². The molecule has 0 unspecified atom stereocenters. The number of hydrogen-bond acceptors (Lipinski definition) is 3. The molecule has 1 heterocycles. The molecular formula is C16H14N2O2. The number of Topliss-reactive ketones (excluding diaryl/α,β-unsaturated/α-hetero) is 1. The van der Waals surface area contributed by atoms with Crippen LogP contribution in [0.25, 0.3) is 22.4 Å². The number of aromatic amines is 1. The minimum absolute atomic E-state index is 0.293. The Kier molecular flexibility index (Phi) is 3.08. The van der Waals surface area contributed by atoms with E-state index in [1.165, 1.54) is 0 Å². The van der Waals surface area contributed by atoms with Gasteiger partial charge in [0.2, 0.25) is 0 Å². The van der Waals surface area contributed by atoms with Crippen LogP contribution >= 0.6 is 0 Å². The lowest BCUT2D eigenvalue weighted by atomic mass is 10.1. The SMILES string of the molecule is Cc1ccccc1-c1nc2ccc(C(=O)CO)cc2[nH]1. The van der Waals surface area contributed by atoms with E-state index in [2.05, 4.69) is 9.97 Å². The number of nitrogens with zero attached hydrogens (tertiary/aromatic N) is 1. The fourth-order valence-electron chi connectivity index (χ4n) is 2.24. The zero-order valence-corrected chi connectivity index (χ0v) is 11.1. The molecule has 0 aliphatic carbocycles. The molecule has 20 heavy (non-hydrogen) atoms. The largest absolute Gasteiger partial charge is 0.388 e. The van der Waals surface area contributed by atoms with Gasteiger partial charge in [-0.2, -0.15) is 0 Å². The number of ketones is 1. The van der Waals surface area contributed by atoms with E-state index in [-0.39, 0.29) is 5.78 Å². The summed E-state index contributed by atoms with van der Waals surface area (Å²) < 4.78 is 0. The number of benzene rings is 2. The number of rotatable bonds is 3. The van der Waals surface area contributed by atoms with E-state index >= 15 is 0 Å². The highest BCUT2D eigenvalue weighted by atomic mass is 16.3. The van der Waals surface area contributed by atoms with Gasteiger partial charge in [-0.1, -0.05) is 24.3 Å². The number of aliphatic hydroxyl groups is 1. The van der Waals surface area contributed by atoms with Crippen LogP contribution in [0.3, 0.4) is 0 Å². The van der Waals surface area contributed by atoms with Gasteiger partial charge >= 0.3 is 0 Å². The molecule has 2 N–H and O–H groups in total. The molecule has 0 aliphatic rings. The predicted octanol–water partition coefficient (Wildman–Crippen LogP) is 2.71. The fraction of sp³-hybridized carbons (Fsp3) is 0.125. The lowest BCUT2D eigenvalue weighted by Crippen LogP contribution is -2.03. The molecule has 0 spiro atoms. The maximum atomic E-state index is 11.5. The van der Waals surface area contributed by atoms with Crippen LogP contribution in [0.15, 0.2) is 42.5 Å². The van der Waals surface area contributed by atoms with E-state index in [0.717, 1.165) is 28.0 Å². The predicted molar refractivity (Wildman–Crippen MR) is 77.7 cm³/mol. The molecule has 0 saturated carbocycles. The van der Waals surface area contributed by atoms with Crippen molar-refractivity contribution < 1.29 is 9.90 Å². The zero-order valence-electron chi connectivity index (χ0n) is 11.1. The van der Waals surface area contributed by atoms with Crippen LogP contribution in [0.1, 0.15) is 15.9 Å². The monoisotopic (exact) mass is 266 g/mol. The summed E-state index contributed by atoms with van der Waals surface area (Å²) in [6.45, 7) is 1.55. The van der Waals surface area contributed by atoms with E-state index in [0.29, 0.717) is 5.56 Å². The van der Waals surface area contributed by atoms with Crippen molar-refractivity contribution >= 4 is 16.8 Å². The zero-order chi connectivity index (χ0) is 14.1. The van der Waals surface area contributed by atoms with Gasteiger partial charge in [0.25, 0.3) is 0 Å². The topological polar surface area (TPSA) is 66.0 Å². The van der Waals surface area contributed by atoms with Crippen LogP contribution < -0.4 is 0 Å². The molecule has 0 fully saturated rings. The number of imidazole rings is 1. The second-order valence-electron chi connectivity index (χ2n) is 4.71. The molecule has 3 rings (SSSR count). The number of carbonyl (C=O) groups excluding carboxylic acids is 1. The summed E-state index contributed by atoms with van der Waals surface area (Å²) in [7, 11) is 0. The van der Waals surface area contributed by atoms with Crippen LogP contribution in [-0.2, 0) is 0 Å². The van der Waals surface area contributed by atoms with Gasteiger partial charge in [0.15, 0.2) is 5.78 Å². The van der Waals surface area contributed by atoms with Crippen LogP contribution in [0.2, 0.25) is 0 Å². The van der Waals surface area contributed by atoms with Crippen molar-refractivity contribution in [3.05, 3.63) is 53.6 Å². The average molecular weight is 266 g/mol. The molecule has 0 radical (unpaired) electrons. The van der Waals surface area contributed by atoms with Gasteiger partial charge in [-0.15, -0.1) is 0 Å². The number of aromatic nitrogens is 2. The molecule has 0 atom stereocenters. The minimum atomic E-state index is -0.482. The Morgan fingerprint density at radius 3 is 2.80 bits per heavy atom. The third kappa shape index (κ3) is 2.10. The Bertz CT molecular complexity index is 790. The molecule has 4 nitrogen and oxygen atoms in total. The Morgan fingerprint density at radius 2 is 2.05 bits per heavy atom. The van der Waals surface area contributed by atoms with Gasteiger partial charge in [-0.05, 0) is 30.7 Å². The summed E-state index contributed by atoms with van der Waals surface area (Å²) in [4.78, 5) is 19.3. The third-order valence-corrected chi connectivity index (χ3v) is 3.35. The van der Waals surface area contributed by atoms with Gasteiger partial charge in [0, 0.05) is 11.1 Å². The lowest BCUT2D eigenvalue weighted by molar-refractivity contribution is 0.0904. The van der Waals surface area contributed by atoms with Crippen LogP contribution in [-0.4, -0.2) is 27.5 Å². The number of aryl methyl sites for hydroxylation is 1. The smallest absolute Gasteiger partial charge is 0.188 e. The summed E-state index contributed by atoms with van der Waals surface area (Å²) in [5.41, 5.74) is 4.26. The molecular weight excluding hydrogens is 252 g/mol. The first kappa shape index (κ1) is 12.6. The Morgan fingerprint density at radius 1 is 1.25 bits per heavy atom. The molecule has 0 saturated heterocycles. The third-order valence-electron chi connectivity index (χ3n) is 3.35. The Labute approximate surface area is 116 Å². The van der Waals surface area contributed by atoms with Crippen LogP contribution in [0.4, 0.5) is 0 Å². The molecule has 100 valence electrons. The normalized spacial score (nSPS) is 10.9. The maximum absolute atomic E-state index is 11.5. The number of H-pyrrole nitrogens is 1. The molecule has 4 heteroatoms. The van der Waals surface area contributed by atoms with Crippen molar-refractivity contribution in [1.29, 1.82) is 0 Å². The summed E-state index contributed by atoms with van der Waals surface area (Å²) in [6, 6.07) is 13.2. The standard InChI is InChI=1S/C16H14N2O2/c1-10-4-2-3-5-12(10)16-17-13-7-6-11(15(20)9-19)8-14(13)18-16/h2-8,19H,9H2,1H3,(H,17,18). The summed E-state index contributed by atoms with van der Waals surface area (Å²) in [5.74, 6) is 0.491. The number of aliphatic hydroxyl groups excluding tert-OH is 1. The van der Waals surface area contributed by atoms with E-state index in [1.807, 2.05) is 31.2 Å². The minimum Gasteiger partial charge on any atom is -0.388 e. The summed E-state index contributed by atoms with van der Waals surface area (Å²) in [5, 5.41) is 8.90. The van der Waals surface area contributed by atoms with Crippen molar-refractivity contribution in [2.75, 3.05) is 6.61 Å². The van der Waals surface area contributed by atoms with Gasteiger partial charge in [0.05, 0.1) is 11.0 Å². The van der Waals surface area contributed by atoms with Crippen molar-refractivity contribution in [1.82, 2.24) is 9.97 Å². The Hall–Kier alpha value is -2.46. The molecule has 2 aromatic carbocycles. The molecule has 0 bridgehead atoms. The first-order valence-electron chi connectivity index (χ1n) is 6.39. The fourth-order valence-corrected chi connectivity index (χ4v) is 2.24. The number of nitrogens with one attached hydrogen (secondary N) is 1. The van der Waals surface area contributed by atoms with Crippen molar-refractivity contribution in [3.63, 3.8) is 0 Å². The van der Waals surface area contributed by atoms with Gasteiger partial charge < -0.3 is 10.1 Å². The van der Waals surface area contributed by atoms with Crippen molar-refractivity contribution in [2.45, 2.75) is 6.92 Å². The summed E-state index contributed by atoms with van der Waals surface area (Å²) >= 11 is 0. The van der Waals surface area contributed by atoms with Crippen LogP contribution in [0, 0.1) is 6.92 Å². The maximum Gasteiger partial charge on any atom is 0.188 e. The van der Waals surface area contributed by atoms with Crippen molar-refractivity contribution in [2.24, 2.45) is 0 Å². The highest BCUT2D eigenvalue weighted by molar-refractivity contribution is 5.99. The van der Waals surface area contributed by atoms with E-state index < -0.39 is 6.61 Å². The number of fused-ring (bicyclic) bond motifs is 1. The van der Waals surface area contributed by atoms with E-state index in [1.54, 1.807) is 18.2 Å². The van der Waals surface area contributed by atoms with Crippen molar-refractivity contribution in [3.8, 4) is 11.4 Å². The first-order chi connectivity index (χ1) is 9.69. The van der Waals surface area contributed by atoms with Gasteiger partial charge in [-0.3, -0.25) is 4.79 Å². The molecule has 0 amide bonds. The van der Waals surface area contributed by atoms with E-state index in [4.69, 9.17) is 5.11 Å². The molecule has 3 aromatic rings. The second-order valence-corrected chi connectivity index (χ2v) is 4.71. The molecule has 1 aromatic heterocycles. The quantitative estimate of drug-likeness (QED) is 0.716. The first-order valence-corrected chi connectivity index (χ1v) is 6.39. The molecule has 0 aliphatic heterocycles. The second kappa shape index (κ2) is 4.90. The highest BCUT2D eigenvalue weighted by Crippen LogP contribution is 2.23.